The first-order chi connectivity index (χ1) is 9.27. The molecule has 0 unspecified atom stereocenters. The van der Waals surface area contributed by atoms with E-state index in [-0.39, 0.29) is 5.91 Å². The van der Waals surface area contributed by atoms with E-state index < -0.39 is 5.60 Å². The van der Waals surface area contributed by atoms with Gasteiger partial charge in [0.1, 0.15) is 5.60 Å². The van der Waals surface area contributed by atoms with Crippen LogP contribution in [-0.2, 0) is 16.0 Å². The number of pyridine rings is 1. The molecule has 104 valence electrons. The summed E-state index contributed by atoms with van der Waals surface area (Å²) in [4.78, 5) is 16.5. The number of nitrogens with zero attached hydrogens (tertiary/aromatic N) is 1. The van der Waals surface area contributed by atoms with Gasteiger partial charge in [-0.1, -0.05) is 6.07 Å². The number of nitrogens with one attached hydrogen (secondary N) is 2. The van der Waals surface area contributed by atoms with Gasteiger partial charge in [-0.15, -0.1) is 0 Å². The minimum Gasteiger partial charge on any atom is -0.368 e. The van der Waals surface area contributed by atoms with Gasteiger partial charge in [0.2, 0.25) is 0 Å². The van der Waals surface area contributed by atoms with Gasteiger partial charge in [-0.3, -0.25) is 9.78 Å². The average Bonchev–Trinajstić information content (AvgIpc) is 2.49. The van der Waals surface area contributed by atoms with E-state index in [1.165, 1.54) is 0 Å². The van der Waals surface area contributed by atoms with Gasteiger partial charge in [-0.25, -0.2) is 0 Å². The van der Waals surface area contributed by atoms with Gasteiger partial charge in [-0.2, -0.15) is 0 Å². The van der Waals surface area contributed by atoms with Crippen LogP contribution in [0.25, 0.3) is 0 Å². The molecular formula is C14H21N3O2. The van der Waals surface area contributed by atoms with Crippen molar-refractivity contribution in [2.75, 3.05) is 26.7 Å². The molecule has 2 heterocycles. The van der Waals surface area contributed by atoms with Crippen LogP contribution in [-0.4, -0.2) is 43.2 Å². The molecule has 1 aliphatic rings. The highest BCUT2D eigenvalue weighted by atomic mass is 16.5. The summed E-state index contributed by atoms with van der Waals surface area (Å²) in [5.74, 6) is -0.00701. The molecule has 1 saturated heterocycles. The number of amides is 1. The van der Waals surface area contributed by atoms with Crippen LogP contribution in [0.5, 0.6) is 0 Å². The molecule has 0 radical (unpaired) electrons. The minimum absolute atomic E-state index is 0.00701. The third-order valence-corrected chi connectivity index (χ3v) is 3.61. The fourth-order valence-electron chi connectivity index (χ4n) is 2.37. The van der Waals surface area contributed by atoms with Crippen molar-refractivity contribution in [3.05, 3.63) is 30.1 Å². The molecule has 19 heavy (non-hydrogen) atoms. The Kier molecular flexibility index (Phi) is 4.87. The maximum Gasteiger partial charge on any atom is 0.252 e. The highest BCUT2D eigenvalue weighted by molar-refractivity contribution is 5.85. The van der Waals surface area contributed by atoms with Gasteiger partial charge in [0.25, 0.3) is 5.91 Å². The number of hydrogen-bond acceptors (Lipinski definition) is 4. The zero-order valence-electron chi connectivity index (χ0n) is 11.3. The molecular weight excluding hydrogens is 242 g/mol. The standard InChI is InChI=1S/C14H21N3O2/c1-19-14(6-10-15-11-7-14)13(18)17-9-5-12-4-2-3-8-16-12/h2-4,8,15H,5-7,9-11H2,1H3,(H,17,18). The molecule has 2 N–H and O–H groups in total. The van der Waals surface area contributed by atoms with E-state index in [0.29, 0.717) is 6.54 Å². The molecule has 1 aromatic rings. The molecule has 1 aromatic heterocycles. The number of piperidine rings is 1. The number of rotatable bonds is 5. The lowest BCUT2D eigenvalue weighted by molar-refractivity contribution is -0.146. The second-order valence-electron chi connectivity index (χ2n) is 4.78. The summed E-state index contributed by atoms with van der Waals surface area (Å²) in [5.41, 5.74) is 0.328. The maximum atomic E-state index is 12.3. The van der Waals surface area contributed by atoms with Crippen LogP contribution < -0.4 is 10.6 Å². The van der Waals surface area contributed by atoms with Crippen LogP contribution >= 0.6 is 0 Å². The summed E-state index contributed by atoms with van der Waals surface area (Å²) >= 11 is 0. The lowest BCUT2D eigenvalue weighted by Gasteiger charge is -2.34. The number of carbonyl (C=O) groups is 1. The number of hydrogen-bond donors (Lipinski definition) is 2. The summed E-state index contributed by atoms with van der Waals surface area (Å²) in [5, 5.41) is 6.20. The van der Waals surface area contributed by atoms with E-state index >= 15 is 0 Å². The van der Waals surface area contributed by atoms with Crippen LogP contribution in [0.3, 0.4) is 0 Å². The first kappa shape index (κ1) is 14.0. The number of methoxy groups -OCH3 is 1. The zero-order valence-corrected chi connectivity index (χ0v) is 11.3. The smallest absolute Gasteiger partial charge is 0.252 e. The lowest BCUT2D eigenvalue weighted by atomic mass is 9.91. The van der Waals surface area contributed by atoms with Crippen molar-refractivity contribution in [1.82, 2.24) is 15.6 Å². The molecule has 2 rings (SSSR count). The van der Waals surface area contributed by atoms with E-state index in [0.717, 1.165) is 38.0 Å². The number of ether oxygens (including phenoxy) is 1. The second-order valence-corrected chi connectivity index (χ2v) is 4.78. The average molecular weight is 263 g/mol. The van der Waals surface area contributed by atoms with Crippen molar-refractivity contribution in [3.8, 4) is 0 Å². The fourth-order valence-corrected chi connectivity index (χ4v) is 2.37. The van der Waals surface area contributed by atoms with Crippen molar-refractivity contribution in [2.24, 2.45) is 0 Å². The first-order valence-corrected chi connectivity index (χ1v) is 6.71. The molecule has 1 aliphatic heterocycles. The molecule has 0 bridgehead atoms. The predicted molar refractivity (Wildman–Crippen MR) is 72.8 cm³/mol. The SMILES string of the molecule is COC1(C(=O)NCCc2ccccn2)CCNCC1. The van der Waals surface area contributed by atoms with Crippen molar-refractivity contribution < 1.29 is 9.53 Å². The quantitative estimate of drug-likeness (QED) is 0.812. The third kappa shape index (κ3) is 3.52. The first-order valence-electron chi connectivity index (χ1n) is 6.71. The third-order valence-electron chi connectivity index (χ3n) is 3.61. The normalized spacial score (nSPS) is 17.9. The molecule has 0 aromatic carbocycles. The van der Waals surface area contributed by atoms with E-state index in [4.69, 9.17) is 4.74 Å². The van der Waals surface area contributed by atoms with Crippen LogP contribution in [0.15, 0.2) is 24.4 Å². The van der Waals surface area contributed by atoms with Crippen LogP contribution in [0.1, 0.15) is 18.5 Å². The van der Waals surface area contributed by atoms with Gasteiger partial charge in [-0.05, 0) is 38.1 Å². The zero-order chi connectivity index (χ0) is 13.6. The molecule has 0 saturated carbocycles. The molecule has 0 aliphatic carbocycles. The molecule has 0 spiro atoms. The van der Waals surface area contributed by atoms with Crippen molar-refractivity contribution in [3.63, 3.8) is 0 Å². The minimum atomic E-state index is -0.657. The molecule has 5 nitrogen and oxygen atoms in total. The second kappa shape index (κ2) is 6.63. The number of aromatic nitrogens is 1. The Balaban J connectivity index is 1.83. The topological polar surface area (TPSA) is 63.2 Å². The Morgan fingerprint density at radius 3 is 2.89 bits per heavy atom. The van der Waals surface area contributed by atoms with E-state index in [2.05, 4.69) is 15.6 Å². The summed E-state index contributed by atoms with van der Waals surface area (Å²) < 4.78 is 5.48. The Morgan fingerprint density at radius 2 is 2.26 bits per heavy atom. The summed E-state index contributed by atoms with van der Waals surface area (Å²) in [6, 6.07) is 5.80. The largest absolute Gasteiger partial charge is 0.368 e. The van der Waals surface area contributed by atoms with Crippen LogP contribution in [0.4, 0.5) is 0 Å². The maximum absolute atomic E-state index is 12.3. The van der Waals surface area contributed by atoms with Gasteiger partial charge in [0, 0.05) is 32.0 Å². The lowest BCUT2D eigenvalue weighted by Crippen LogP contribution is -2.54. The van der Waals surface area contributed by atoms with Gasteiger partial charge in [0.05, 0.1) is 0 Å². The summed E-state index contributed by atoms with van der Waals surface area (Å²) in [6.07, 6.45) is 3.95. The molecule has 0 atom stereocenters. The van der Waals surface area contributed by atoms with Gasteiger partial charge in [0.15, 0.2) is 0 Å². The highest BCUT2D eigenvalue weighted by Crippen LogP contribution is 2.22. The predicted octanol–water partition coefficient (Wildman–Crippen LogP) is 0.509. The monoisotopic (exact) mass is 263 g/mol. The summed E-state index contributed by atoms with van der Waals surface area (Å²) in [7, 11) is 1.61. The van der Waals surface area contributed by atoms with Crippen molar-refractivity contribution in [1.29, 1.82) is 0 Å². The van der Waals surface area contributed by atoms with Crippen molar-refractivity contribution >= 4 is 5.91 Å². The Morgan fingerprint density at radius 1 is 1.47 bits per heavy atom. The Bertz CT molecular complexity index is 402. The van der Waals surface area contributed by atoms with Crippen molar-refractivity contribution in [2.45, 2.75) is 24.9 Å². The fraction of sp³-hybridized carbons (Fsp3) is 0.571. The Hall–Kier alpha value is -1.46. The molecule has 5 heteroatoms. The highest BCUT2D eigenvalue weighted by Gasteiger charge is 2.39. The van der Waals surface area contributed by atoms with Gasteiger partial charge < -0.3 is 15.4 Å². The summed E-state index contributed by atoms with van der Waals surface area (Å²) in [6.45, 7) is 2.23. The Labute approximate surface area is 113 Å². The van der Waals surface area contributed by atoms with E-state index in [1.54, 1.807) is 13.3 Å². The van der Waals surface area contributed by atoms with Gasteiger partial charge >= 0.3 is 0 Å². The molecule has 1 fully saturated rings. The van der Waals surface area contributed by atoms with Crippen LogP contribution in [0.2, 0.25) is 0 Å². The molecule has 1 amide bonds. The van der Waals surface area contributed by atoms with Crippen LogP contribution in [0, 0.1) is 0 Å². The number of carbonyl (C=O) groups excluding carboxylic acids is 1. The van der Waals surface area contributed by atoms with E-state index in [1.807, 2.05) is 18.2 Å². The van der Waals surface area contributed by atoms with E-state index in [9.17, 15) is 4.79 Å².